The molecule has 1 atom stereocenters. The van der Waals surface area contributed by atoms with Crippen molar-refractivity contribution in [3.8, 4) is 0 Å². The van der Waals surface area contributed by atoms with Gasteiger partial charge in [-0.05, 0) is 61.9 Å². The first-order valence-electron chi connectivity index (χ1n) is 8.75. The third kappa shape index (κ3) is 5.96. The maximum Gasteiger partial charge on any atom is 0.305 e. The summed E-state index contributed by atoms with van der Waals surface area (Å²) < 4.78 is 4.64. The van der Waals surface area contributed by atoms with Crippen molar-refractivity contribution in [1.82, 2.24) is 5.32 Å². The number of carbonyl (C=O) groups is 2. The van der Waals surface area contributed by atoms with Gasteiger partial charge >= 0.3 is 5.97 Å². The lowest BCUT2D eigenvalue weighted by Crippen LogP contribution is -2.32. The van der Waals surface area contributed by atoms with Gasteiger partial charge in [-0.1, -0.05) is 19.1 Å². The first kappa shape index (κ1) is 18.5. The summed E-state index contributed by atoms with van der Waals surface area (Å²) in [5.41, 5.74) is 1.86. The van der Waals surface area contributed by atoms with E-state index in [4.69, 9.17) is 0 Å². The molecule has 24 heavy (non-hydrogen) atoms. The zero-order valence-corrected chi connectivity index (χ0v) is 14.6. The molecule has 2 rings (SSSR count). The van der Waals surface area contributed by atoms with Crippen molar-refractivity contribution in [2.24, 2.45) is 11.8 Å². The first-order chi connectivity index (χ1) is 11.6. The van der Waals surface area contributed by atoms with Crippen molar-refractivity contribution in [2.45, 2.75) is 39.0 Å². The molecule has 0 saturated carbocycles. The summed E-state index contributed by atoms with van der Waals surface area (Å²) in [4.78, 5) is 23.4. The third-order valence-corrected chi connectivity index (χ3v) is 4.78. The molecule has 1 unspecified atom stereocenters. The molecule has 1 fully saturated rings. The topological polar surface area (TPSA) is 67.4 Å². The van der Waals surface area contributed by atoms with E-state index in [0.717, 1.165) is 37.2 Å². The van der Waals surface area contributed by atoms with E-state index in [0.29, 0.717) is 31.1 Å². The molecule has 1 aromatic rings. The smallest absolute Gasteiger partial charge is 0.305 e. The van der Waals surface area contributed by atoms with Crippen LogP contribution in [-0.4, -0.2) is 32.1 Å². The highest BCUT2D eigenvalue weighted by atomic mass is 16.5. The lowest BCUT2D eigenvalue weighted by molar-refractivity contribution is -0.140. The number of aryl methyl sites for hydroxylation is 1. The Balaban J connectivity index is 1.77. The average Bonchev–Trinajstić information content (AvgIpc) is 2.61. The molecule has 0 aliphatic carbocycles. The number of rotatable bonds is 7. The van der Waals surface area contributed by atoms with Crippen LogP contribution in [0.15, 0.2) is 24.3 Å². The van der Waals surface area contributed by atoms with Crippen LogP contribution in [0.5, 0.6) is 0 Å². The summed E-state index contributed by atoms with van der Waals surface area (Å²) in [5, 5.41) is 6.33. The number of hydrogen-bond donors (Lipinski definition) is 2. The molecular weight excluding hydrogens is 304 g/mol. The molecule has 0 bridgehead atoms. The number of methoxy groups -OCH3 is 1. The predicted molar refractivity (Wildman–Crippen MR) is 94.8 cm³/mol. The van der Waals surface area contributed by atoms with Crippen molar-refractivity contribution in [2.75, 3.05) is 25.5 Å². The molecule has 132 valence electrons. The Morgan fingerprint density at radius 1 is 1.25 bits per heavy atom. The number of amides is 1. The van der Waals surface area contributed by atoms with E-state index in [-0.39, 0.29) is 11.9 Å². The minimum atomic E-state index is -0.209. The molecule has 0 spiro atoms. The van der Waals surface area contributed by atoms with E-state index in [9.17, 15) is 9.59 Å². The molecule has 1 saturated heterocycles. The van der Waals surface area contributed by atoms with Gasteiger partial charge in [0, 0.05) is 18.5 Å². The second-order valence-corrected chi connectivity index (χ2v) is 6.59. The highest BCUT2D eigenvalue weighted by Gasteiger charge is 2.21. The fourth-order valence-corrected chi connectivity index (χ4v) is 3.19. The maximum absolute atomic E-state index is 12.2. The van der Waals surface area contributed by atoms with Gasteiger partial charge < -0.3 is 15.4 Å². The van der Waals surface area contributed by atoms with Crippen molar-refractivity contribution >= 4 is 17.6 Å². The molecular formula is C19H28N2O3. The minimum absolute atomic E-state index is 0.0725. The van der Waals surface area contributed by atoms with Crippen molar-refractivity contribution in [1.29, 1.82) is 0 Å². The van der Waals surface area contributed by atoms with Gasteiger partial charge in [-0.25, -0.2) is 0 Å². The zero-order valence-electron chi connectivity index (χ0n) is 14.6. The zero-order chi connectivity index (χ0) is 17.4. The van der Waals surface area contributed by atoms with Crippen LogP contribution < -0.4 is 10.6 Å². The summed E-state index contributed by atoms with van der Waals surface area (Å²) >= 11 is 0. The fourth-order valence-electron chi connectivity index (χ4n) is 3.19. The van der Waals surface area contributed by atoms with E-state index in [1.165, 1.54) is 7.11 Å². The fraction of sp³-hybridized carbons (Fsp3) is 0.579. The van der Waals surface area contributed by atoms with Gasteiger partial charge in [0.15, 0.2) is 0 Å². The van der Waals surface area contributed by atoms with Crippen LogP contribution in [0.2, 0.25) is 0 Å². The van der Waals surface area contributed by atoms with Crippen LogP contribution in [0.4, 0.5) is 5.69 Å². The van der Waals surface area contributed by atoms with Crippen molar-refractivity contribution in [3.63, 3.8) is 0 Å². The summed E-state index contributed by atoms with van der Waals surface area (Å²) in [5.74, 6) is 0.909. The Morgan fingerprint density at radius 3 is 2.54 bits per heavy atom. The second kappa shape index (κ2) is 9.42. The number of esters is 1. The standard InChI is InChI=1S/C19H28N2O3/c1-14(16-9-11-20-12-10-16)13-18(22)21-17-6-3-15(4-7-17)5-8-19(23)24-2/h3-4,6-7,14,16,20H,5,8-13H2,1-2H3,(H,21,22). The maximum atomic E-state index is 12.2. The number of hydrogen-bond acceptors (Lipinski definition) is 4. The van der Waals surface area contributed by atoms with Crippen LogP contribution >= 0.6 is 0 Å². The molecule has 0 radical (unpaired) electrons. The number of piperidine rings is 1. The predicted octanol–water partition coefficient (Wildman–Crippen LogP) is 2.76. The monoisotopic (exact) mass is 332 g/mol. The molecule has 1 heterocycles. The third-order valence-electron chi connectivity index (χ3n) is 4.78. The van der Waals surface area contributed by atoms with E-state index >= 15 is 0 Å². The molecule has 5 heteroatoms. The summed E-state index contributed by atoms with van der Waals surface area (Å²) in [7, 11) is 1.39. The Kier molecular flexibility index (Phi) is 7.25. The van der Waals surface area contributed by atoms with Gasteiger partial charge in [-0.15, -0.1) is 0 Å². The van der Waals surface area contributed by atoms with E-state index in [1.54, 1.807) is 0 Å². The van der Waals surface area contributed by atoms with Crippen LogP contribution in [0, 0.1) is 11.8 Å². The van der Waals surface area contributed by atoms with E-state index < -0.39 is 0 Å². The molecule has 1 aliphatic heterocycles. The normalized spacial score (nSPS) is 16.4. The highest BCUT2D eigenvalue weighted by Crippen LogP contribution is 2.24. The highest BCUT2D eigenvalue weighted by molar-refractivity contribution is 5.90. The number of benzene rings is 1. The second-order valence-electron chi connectivity index (χ2n) is 6.59. The Morgan fingerprint density at radius 2 is 1.92 bits per heavy atom. The molecule has 1 amide bonds. The molecule has 1 aliphatic rings. The van der Waals surface area contributed by atoms with Crippen LogP contribution in [0.25, 0.3) is 0 Å². The van der Waals surface area contributed by atoms with Gasteiger partial charge in [0.2, 0.25) is 5.91 Å². The quantitative estimate of drug-likeness (QED) is 0.754. The SMILES string of the molecule is COC(=O)CCc1ccc(NC(=O)CC(C)C2CCNCC2)cc1. The lowest BCUT2D eigenvalue weighted by Gasteiger charge is -2.27. The molecule has 2 N–H and O–H groups in total. The Labute approximate surface area is 144 Å². The van der Waals surface area contributed by atoms with Crippen LogP contribution in [-0.2, 0) is 20.7 Å². The van der Waals surface area contributed by atoms with Gasteiger partial charge in [0.1, 0.15) is 0 Å². The van der Waals surface area contributed by atoms with E-state index in [1.807, 2.05) is 24.3 Å². The van der Waals surface area contributed by atoms with Crippen molar-refractivity contribution in [3.05, 3.63) is 29.8 Å². The van der Waals surface area contributed by atoms with E-state index in [2.05, 4.69) is 22.3 Å². The molecule has 0 aromatic heterocycles. The lowest BCUT2D eigenvalue weighted by atomic mass is 9.84. The minimum Gasteiger partial charge on any atom is -0.469 e. The van der Waals surface area contributed by atoms with Gasteiger partial charge in [-0.3, -0.25) is 9.59 Å². The first-order valence-corrected chi connectivity index (χ1v) is 8.75. The van der Waals surface area contributed by atoms with Gasteiger partial charge in [0.25, 0.3) is 0 Å². The van der Waals surface area contributed by atoms with Gasteiger partial charge in [0.05, 0.1) is 7.11 Å². The van der Waals surface area contributed by atoms with Gasteiger partial charge in [-0.2, -0.15) is 0 Å². The number of carbonyl (C=O) groups excluding carboxylic acids is 2. The van der Waals surface area contributed by atoms with Crippen LogP contribution in [0.3, 0.4) is 0 Å². The number of anilines is 1. The average molecular weight is 332 g/mol. The summed E-state index contributed by atoms with van der Waals surface area (Å²) in [6, 6.07) is 7.66. The largest absolute Gasteiger partial charge is 0.469 e. The number of ether oxygens (including phenoxy) is 1. The Bertz CT molecular complexity index is 536. The summed E-state index contributed by atoms with van der Waals surface area (Å²) in [6.07, 6.45) is 3.89. The van der Waals surface area contributed by atoms with Crippen LogP contribution in [0.1, 0.15) is 38.2 Å². The molecule has 5 nitrogen and oxygen atoms in total. The summed E-state index contributed by atoms with van der Waals surface area (Å²) in [6.45, 7) is 4.29. The van der Waals surface area contributed by atoms with Crippen molar-refractivity contribution < 1.29 is 14.3 Å². The Hall–Kier alpha value is -1.88. The molecule has 1 aromatic carbocycles. The number of nitrogens with one attached hydrogen (secondary N) is 2.